The minimum Gasteiger partial charge on any atom is -0.330 e. The Morgan fingerprint density at radius 3 is 2.61 bits per heavy atom. The fourth-order valence-electron chi connectivity index (χ4n) is 3.87. The molecule has 2 heterocycles. The Hall–Kier alpha value is -1.50. The number of piperazine rings is 1. The quantitative estimate of drug-likeness (QED) is 0.751. The van der Waals surface area contributed by atoms with E-state index >= 15 is 0 Å². The average molecular weight is 382 g/mol. The van der Waals surface area contributed by atoms with Crippen molar-refractivity contribution in [3.8, 4) is 0 Å². The summed E-state index contributed by atoms with van der Waals surface area (Å²) in [5.41, 5.74) is 0.185. The molecule has 1 unspecified atom stereocenters. The zero-order valence-corrected chi connectivity index (χ0v) is 14.1. The molecular formula is C16H17BrFN3O2. The van der Waals surface area contributed by atoms with Crippen LogP contribution < -0.4 is 0 Å². The van der Waals surface area contributed by atoms with Gasteiger partial charge in [0.2, 0.25) is 0 Å². The first-order valence-electron chi connectivity index (χ1n) is 7.92. The van der Waals surface area contributed by atoms with Crippen LogP contribution in [0.1, 0.15) is 25.0 Å². The minimum absolute atomic E-state index is 0.0352. The van der Waals surface area contributed by atoms with Crippen LogP contribution in [0.25, 0.3) is 0 Å². The predicted octanol–water partition coefficient (Wildman–Crippen LogP) is 1.95. The summed E-state index contributed by atoms with van der Waals surface area (Å²) in [5, 5.41) is 0. The predicted molar refractivity (Wildman–Crippen MR) is 83.6 cm³/mol. The number of nitrogens with zero attached hydrogens (tertiary/aromatic N) is 3. The number of carbonyl (C=O) groups is 2. The molecular weight excluding hydrogens is 365 g/mol. The second kappa shape index (κ2) is 5.54. The molecule has 0 aromatic carbocycles. The SMILES string of the molecule is O=C1C(=O)N(C2C[C@@H]3C[C@@H]3C2)CCN1Cc1ncc(Br)cc1F. The molecule has 4 rings (SSSR count). The van der Waals surface area contributed by atoms with Gasteiger partial charge in [-0.25, -0.2) is 4.39 Å². The third-order valence-electron chi connectivity index (χ3n) is 5.23. The molecule has 7 heteroatoms. The Bertz CT molecular complexity index is 673. The molecule has 1 saturated heterocycles. The van der Waals surface area contributed by atoms with Gasteiger partial charge in [-0.2, -0.15) is 0 Å². The number of pyridine rings is 1. The number of aromatic nitrogens is 1. The fraction of sp³-hybridized carbons (Fsp3) is 0.562. The number of rotatable bonds is 3. The van der Waals surface area contributed by atoms with E-state index in [2.05, 4.69) is 20.9 Å². The summed E-state index contributed by atoms with van der Waals surface area (Å²) in [4.78, 5) is 31.9. The first-order valence-corrected chi connectivity index (χ1v) is 8.72. The highest BCUT2D eigenvalue weighted by Gasteiger charge is 2.50. The number of amides is 2. The lowest BCUT2D eigenvalue weighted by atomic mass is 10.1. The zero-order valence-electron chi connectivity index (χ0n) is 12.5. The summed E-state index contributed by atoms with van der Waals surface area (Å²) in [6.45, 7) is 1.01. The number of halogens is 2. The normalized spacial score (nSPS) is 29.9. The molecule has 3 fully saturated rings. The zero-order chi connectivity index (χ0) is 16.1. The van der Waals surface area contributed by atoms with Crippen molar-refractivity contribution in [3.63, 3.8) is 0 Å². The van der Waals surface area contributed by atoms with Crippen LogP contribution in [-0.4, -0.2) is 45.7 Å². The third kappa shape index (κ3) is 2.75. The molecule has 3 atom stereocenters. The van der Waals surface area contributed by atoms with Gasteiger partial charge in [0.15, 0.2) is 0 Å². The van der Waals surface area contributed by atoms with Crippen molar-refractivity contribution in [2.75, 3.05) is 13.1 Å². The van der Waals surface area contributed by atoms with E-state index in [1.807, 2.05) is 0 Å². The molecule has 3 aliphatic rings. The maximum Gasteiger partial charge on any atom is 0.312 e. The van der Waals surface area contributed by atoms with E-state index in [-0.39, 0.29) is 18.3 Å². The second-order valence-corrected chi connectivity index (χ2v) is 7.60. The molecule has 1 aliphatic heterocycles. The van der Waals surface area contributed by atoms with E-state index in [0.717, 1.165) is 24.7 Å². The topological polar surface area (TPSA) is 53.5 Å². The molecule has 1 aromatic rings. The molecule has 0 bridgehead atoms. The lowest BCUT2D eigenvalue weighted by Gasteiger charge is -2.37. The fourth-order valence-corrected chi connectivity index (χ4v) is 4.17. The highest BCUT2D eigenvalue weighted by molar-refractivity contribution is 9.10. The van der Waals surface area contributed by atoms with E-state index in [4.69, 9.17) is 0 Å². The summed E-state index contributed by atoms with van der Waals surface area (Å²) in [7, 11) is 0. The highest BCUT2D eigenvalue weighted by Crippen LogP contribution is 2.53. The van der Waals surface area contributed by atoms with Crippen molar-refractivity contribution >= 4 is 27.7 Å². The Kier molecular flexibility index (Phi) is 3.63. The summed E-state index contributed by atoms with van der Waals surface area (Å²) in [6.07, 6.45) is 4.85. The van der Waals surface area contributed by atoms with Gasteiger partial charge < -0.3 is 9.80 Å². The Morgan fingerprint density at radius 2 is 1.91 bits per heavy atom. The van der Waals surface area contributed by atoms with Crippen LogP contribution in [0, 0.1) is 17.7 Å². The smallest absolute Gasteiger partial charge is 0.312 e. The van der Waals surface area contributed by atoms with Crippen molar-refractivity contribution in [2.45, 2.75) is 31.8 Å². The summed E-state index contributed by atoms with van der Waals surface area (Å²) in [5.74, 6) is 0.0722. The van der Waals surface area contributed by atoms with E-state index in [9.17, 15) is 14.0 Å². The lowest BCUT2D eigenvalue weighted by molar-refractivity contribution is -0.158. The van der Waals surface area contributed by atoms with Gasteiger partial charge in [0, 0.05) is 29.8 Å². The van der Waals surface area contributed by atoms with Crippen molar-refractivity contribution in [1.29, 1.82) is 0 Å². The van der Waals surface area contributed by atoms with Crippen LogP contribution in [0.15, 0.2) is 16.7 Å². The van der Waals surface area contributed by atoms with Gasteiger partial charge in [-0.05, 0) is 53.1 Å². The molecule has 1 aromatic heterocycles. The molecule has 2 aliphatic carbocycles. The van der Waals surface area contributed by atoms with Gasteiger partial charge in [0.1, 0.15) is 5.82 Å². The van der Waals surface area contributed by atoms with Crippen LogP contribution >= 0.6 is 15.9 Å². The molecule has 2 saturated carbocycles. The molecule has 0 N–H and O–H groups in total. The molecule has 122 valence electrons. The second-order valence-electron chi connectivity index (χ2n) is 6.69. The summed E-state index contributed by atoms with van der Waals surface area (Å²) in [6, 6.07) is 1.54. The van der Waals surface area contributed by atoms with Crippen LogP contribution in [0.4, 0.5) is 4.39 Å². The highest BCUT2D eigenvalue weighted by atomic mass is 79.9. The van der Waals surface area contributed by atoms with Crippen molar-refractivity contribution < 1.29 is 14.0 Å². The maximum absolute atomic E-state index is 13.9. The van der Waals surface area contributed by atoms with Gasteiger partial charge >= 0.3 is 11.8 Å². The first-order chi connectivity index (χ1) is 11.0. The van der Waals surface area contributed by atoms with Crippen molar-refractivity contribution in [3.05, 3.63) is 28.2 Å². The molecule has 0 spiro atoms. The number of hydrogen-bond acceptors (Lipinski definition) is 3. The Morgan fingerprint density at radius 1 is 1.17 bits per heavy atom. The summed E-state index contributed by atoms with van der Waals surface area (Å²) < 4.78 is 14.4. The number of hydrogen-bond donors (Lipinski definition) is 0. The lowest BCUT2D eigenvalue weighted by Crippen LogP contribution is -2.56. The standard InChI is InChI=1S/C16H17BrFN3O2/c17-11-6-13(18)14(19-7-11)8-20-1-2-21(16(23)15(20)22)12-4-9-3-10(9)5-12/h6-7,9-10,12H,1-5,8H2/t9-,10+,12?. The van der Waals surface area contributed by atoms with Gasteiger partial charge in [0.05, 0.1) is 12.2 Å². The Labute approximate surface area is 142 Å². The van der Waals surface area contributed by atoms with Crippen LogP contribution in [-0.2, 0) is 16.1 Å². The number of fused-ring (bicyclic) bond motifs is 1. The average Bonchev–Trinajstić information content (AvgIpc) is 3.13. The summed E-state index contributed by atoms with van der Waals surface area (Å²) >= 11 is 3.15. The van der Waals surface area contributed by atoms with Crippen LogP contribution in [0.2, 0.25) is 0 Å². The molecule has 23 heavy (non-hydrogen) atoms. The van der Waals surface area contributed by atoms with Gasteiger partial charge in [-0.1, -0.05) is 0 Å². The van der Waals surface area contributed by atoms with Crippen LogP contribution in [0.5, 0.6) is 0 Å². The maximum atomic E-state index is 13.9. The Balaban J connectivity index is 1.43. The number of carbonyl (C=O) groups excluding carboxylic acids is 2. The largest absolute Gasteiger partial charge is 0.330 e. The van der Waals surface area contributed by atoms with E-state index in [1.165, 1.54) is 23.6 Å². The first kappa shape index (κ1) is 15.1. The van der Waals surface area contributed by atoms with Crippen LogP contribution in [0.3, 0.4) is 0 Å². The van der Waals surface area contributed by atoms with Gasteiger partial charge in [0.25, 0.3) is 0 Å². The monoisotopic (exact) mass is 381 g/mol. The minimum atomic E-state index is -0.541. The molecule has 5 nitrogen and oxygen atoms in total. The van der Waals surface area contributed by atoms with E-state index < -0.39 is 17.6 Å². The van der Waals surface area contributed by atoms with Gasteiger partial charge in [-0.3, -0.25) is 14.6 Å². The molecule has 0 radical (unpaired) electrons. The van der Waals surface area contributed by atoms with Gasteiger partial charge in [-0.15, -0.1) is 0 Å². The van der Waals surface area contributed by atoms with E-state index in [0.29, 0.717) is 17.6 Å². The van der Waals surface area contributed by atoms with Crippen molar-refractivity contribution in [2.24, 2.45) is 11.8 Å². The molecule has 2 amide bonds. The van der Waals surface area contributed by atoms with Crippen molar-refractivity contribution in [1.82, 2.24) is 14.8 Å². The third-order valence-corrected chi connectivity index (χ3v) is 5.66. The van der Waals surface area contributed by atoms with E-state index in [1.54, 1.807) is 4.90 Å².